The summed E-state index contributed by atoms with van der Waals surface area (Å²) in [7, 11) is 0. The lowest BCUT2D eigenvalue weighted by Gasteiger charge is -2.07. The lowest BCUT2D eigenvalue weighted by atomic mass is 10.2. The molecule has 0 atom stereocenters. The maximum absolute atomic E-state index is 13.4. The Kier molecular flexibility index (Phi) is 4.12. The van der Waals surface area contributed by atoms with Crippen molar-refractivity contribution in [2.45, 2.75) is 11.8 Å². The van der Waals surface area contributed by atoms with Gasteiger partial charge in [0.2, 0.25) is 0 Å². The number of rotatable bonds is 2. The van der Waals surface area contributed by atoms with E-state index in [9.17, 15) is 9.18 Å². The largest absolute Gasteiger partial charge is 0.322 e. The number of thiol groups is 1. The van der Waals surface area contributed by atoms with Crippen LogP contribution in [0, 0.1) is 12.7 Å². The van der Waals surface area contributed by atoms with Crippen LogP contribution in [0.5, 0.6) is 0 Å². The van der Waals surface area contributed by atoms with E-state index in [0.29, 0.717) is 26.7 Å². The van der Waals surface area contributed by atoms with E-state index >= 15 is 0 Å². The first-order valence-corrected chi connectivity index (χ1v) is 6.36. The van der Waals surface area contributed by atoms with E-state index in [1.54, 1.807) is 37.3 Å². The molecule has 19 heavy (non-hydrogen) atoms. The maximum Gasteiger partial charge on any atom is 0.255 e. The third-order valence-corrected chi connectivity index (χ3v) is 3.47. The van der Waals surface area contributed by atoms with Crippen LogP contribution in [-0.2, 0) is 0 Å². The highest BCUT2D eigenvalue weighted by atomic mass is 35.5. The van der Waals surface area contributed by atoms with E-state index in [1.165, 1.54) is 6.07 Å². The molecule has 0 aliphatic carbocycles. The van der Waals surface area contributed by atoms with Crippen LogP contribution in [-0.4, -0.2) is 5.91 Å². The number of halogens is 2. The summed E-state index contributed by atoms with van der Waals surface area (Å²) in [5.41, 5.74) is 1.35. The predicted molar refractivity (Wildman–Crippen MR) is 77.8 cm³/mol. The van der Waals surface area contributed by atoms with Crippen molar-refractivity contribution in [3.63, 3.8) is 0 Å². The molecular formula is C14H11ClFNOS. The third kappa shape index (κ3) is 3.28. The van der Waals surface area contributed by atoms with E-state index in [4.69, 9.17) is 11.6 Å². The molecule has 2 nitrogen and oxygen atoms in total. The van der Waals surface area contributed by atoms with Gasteiger partial charge in [-0.2, -0.15) is 0 Å². The van der Waals surface area contributed by atoms with Gasteiger partial charge in [0, 0.05) is 16.1 Å². The Bertz CT molecular complexity index is 645. The smallest absolute Gasteiger partial charge is 0.255 e. The number of anilines is 1. The van der Waals surface area contributed by atoms with Gasteiger partial charge in [0.25, 0.3) is 5.91 Å². The third-order valence-electron chi connectivity index (χ3n) is 2.64. The summed E-state index contributed by atoms with van der Waals surface area (Å²) in [4.78, 5) is 12.5. The molecule has 2 rings (SSSR count). The number of hydrogen-bond donors (Lipinski definition) is 2. The molecule has 0 aliphatic rings. The average molecular weight is 296 g/mol. The van der Waals surface area contributed by atoms with Crippen molar-refractivity contribution in [1.82, 2.24) is 0 Å². The Balaban J connectivity index is 2.20. The second-order valence-corrected chi connectivity index (χ2v) is 4.97. The first kappa shape index (κ1) is 13.9. The number of aryl methyl sites for hydroxylation is 1. The van der Waals surface area contributed by atoms with Crippen molar-refractivity contribution in [2.75, 3.05) is 5.32 Å². The molecule has 0 spiro atoms. The molecule has 98 valence electrons. The normalized spacial score (nSPS) is 10.3. The number of carbonyl (C=O) groups is 1. The standard InChI is InChI=1S/C14H11ClFNOS/c1-8-2-4-10(7-12(8)16)17-14(18)9-3-5-11(15)13(19)6-9/h2-7,19H,1H3,(H,17,18). The second kappa shape index (κ2) is 5.63. The van der Waals surface area contributed by atoms with Gasteiger partial charge in [-0.3, -0.25) is 4.79 Å². The average Bonchev–Trinajstić information content (AvgIpc) is 2.37. The molecular weight excluding hydrogens is 285 g/mol. The zero-order chi connectivity index (χ0) is 14.0. The first-order chi connectivity index (χ1) is 8.97. The fraction of sp³-hybridized carbons (Fsp3) is 0.0714. The molecule has 1 N–H and O–H groups in total. The molecule has 0 radical (unpaired) electrons. The summed E-state index contributed by atoms with van der Waals surface area (Å²) in [5, 5.41) is 3.09. The number of benzene rings is 2. The highest BCUT2D eigenvalue weighted by Gasteiger charge is 2.09. The minimum atomic E-state index is -0.358. The monoisotopic (exact) mass is 295 g/mol. The molecule has 0 fully saturated rings. The Morgan fingerprint density at radius 1 is 1.26 bits per heavy atom. The zero-order valence-corrected chi connectivity index (χ0v) is 11.7. The molecule has 0 saturated carbocycles. The van der Waals surface area contributed by atoms with Gasteiger partial charge in [0.15, 0.2) is 0 Å². The number of hydrogen-bond acceptors (Lipinski definition) is 2. The molecule has 0 heterocycles. The quantitative estimate of drug-likeness (QED) is 0.793. The van der Waals surface area contributed by atoms with E-state index in [0.717, 1.165) is 0 Å². The van der Waals surface area contributed by atoms with Crippen molar-refractivity contribution < 1.29 is 9.18 Å². The van der Waals surface area contributed by atoms with Crippen molar-refractivity contribution in [1.29, 1.82) is 0 Å². The molecule has 0 aliphatic heterocycles. The molecule has 0 bridgehead atoms. The van der Waals surface area contributed by atoms with Crippen molar-refractivity contribution >= 4 is 35.8 Å². The summed E-state index contributed by atoms with van der Waals surface area (Å²) < 4.78 is 13.4. The second-order valence-electron chi connectivity index (χ2n) is 4.08. The SMILES string of the molecule is Cc1ccc(NC(=O)c2ccc(Cl)c(S)c2)cc1F. The minimum Gasteiger partial charge on any atom is -0.322 e. The predicted octanol–water partition coefficient (Wildman–Crippen LogP) is 4.33. The Labute approximate surface area is 121 Å². The maximum atomic E-state index is 13.4. The van der Waals surface area contributed by atoms with Gasteiger partial charge < -0.3 is 5.32 Å². The van der Waals surface area contributed by atoms with Crippen LogP contribution in [0.4, 0.5) is 10.1 Å². The van der Waals surface area contributed by atoms with E-state index in [2.05, 4.69) is 17.9 Å². The van der Waals surface area contributed by atoms with Gasteiger partial charge in [-0.25, -0.2) is 4.39 Å². The van der Waals surface area contributed by atoms with Gasteiger partial charge >= 0.3 is 0 Å². The number of nitrogens with one attached hydrogen (secondary N) is 1. The summed E-state index contributed by atoms with van der Waals surface area (Å²) in [5.74, 6) is -0.695. The van der Waals surface area contributed by atoms with Crippen LogP contribution in [0.1, 0.15) is 15.9 Å². The van der Waals surface area contributed by atoms with Crippen LogP contribution in [0.15, 0.2) is 41.3 Å². The van der Waals surface area contributed by atoms with Crippen molar-refractivity contribution in [2.24, 2.45) is 0 Å². The van der Waals surface area contributed by atoms with Crippen LogP contribution in [0.2, 0.25) is 5.02 Å². The van der Waals surface area contributed by atoms with Crippen LogP contribution >= 0.6 is 24.2 Å². The molecule has 0 unspecified atom stereocenters. The summed E-state index contributed by atoms with van der Waals surface area (Å²) in [6.45, 7) is 1.66. The summed E-state index contributed by atoms with van der Waals surface area (Å²) in [6, 6.07) is 9.28. The molecule has 0 aromatic heterocycles. The van der Waals surface area contributed by atoms with Crippen LogP contribution < -0.4 is 5.32 Å². The van der Waals surface area contributed by atoms with Crippen LogP contribution in [0.25, 0.3) is 0 Å². The van der Waals surface area contributed by atoms with Gasteiger partial charge in [-0.05, 0) is 42.8 Å². The fourth-order valence-corrected chi connectivity index (χ4v) is 1.86. The highest BCUT2D eigenvalue weighted by molar-refractivity contribution is 7.80. The van der Waals surface area contributed by atoms with Gasteiger partial charge in [-0.1, -0.05) is 17.7 Å². The van der Waals surface area contributed by atoms with E-state index < -0.39 is 0 Å². The molecule has 1 amide bonds. The summed E-state index contributed by atoms with van der Waals surface area (Å²) >= 11 is 9.97. The topological polar surface area (TPSA) is 29.1 Å². The van der Waals surface area contributed by atoms with Gasteiger partial charge in [0.05, 0.1) is 5.02 Å². The molecule has 0 saturated heterocycles. The summed E-state index contributed by atoms with van der Waals surface area (Å²) in [6.07, 6.45) is 0. The van der Waals surface area contributed by atoms with Crippen molar-refractivity contribution in [3.05, 3.63) is 58.4 Å². The Hall–Kier alpha value is -1.52. The number of amides is 1. The number of carbonyl (C=O) groups excluding carboxylic acids is 1. The fourth-order valence-electron chi connectivity index (χ4n) is 1.53. The molecule has 2 aromatic rings. The Morgan fingerprint density at radius 3 is 2.63 bits per heavy atom. The van der Waals surface area contributed by atoms with Crippen LogP contribution in [0.3, 0.4) is 0 Å². The van der Waals surface area contributed by atoms with E-state index in [-0.39, 0.29) is 11.7 Å². The van der Waals surface area contributed by atoms with E-state index in [1.807, 2.05) is 0 Å². The Morgan fingerprint density at radius 2 is 2.00 bits per heavy atom. The van der Waals surface area contributed by atoms with Gasteiger partial charge in [-0.15, -0.1) is 12.6 Å². The van der Waals surface area contributed by atoms with Crippen molar-refractivity contribution in [3.8, 4) is 0 Å². The first-order valence-electron chi connectivity index (χ1n) is 5.53. The lowest BCUT2D eigenvalue weighted by molar-refractivity contribution is 0.102. The minimum absolute atomic E-state index is 0.338. The van der Waals surface area contributed by atoms with Gasteiger partial charge in [0.1, 0.15) is 5.82 Å². The lowest BCUT2D eigenvalue weighted by Crippen LogP contribution is -2.12. The molecule has 5 heteroatoms. The zero-order valence-electron chi connectivity index (χ0n) is 10.1. The highest BCUT2D eigenvalue weighted by Crippen LogP contribution is 2.22. The molecule has 2 aromatic carbocycles.